The number of hydrogen-bond acceptors (Lipinski definition) is 4. The Kier molecular flexibility index (Phi) is 4.23. The van der Waals surface area contributed by atoms with Gasteiger partial charge in [0.2, 0.25) is 0 Å². The molecule has 1 aromatic rings. The van der Waals surface area contributed by atoms with Gasteiger partial charge in [0.15, 0.2) is 5.78 Å². The first-order chi connectivity index (χ1) is 7.36. The van der Waals surface area contributed by atoms with Crippen LogP contribution in [0.2, 0.25) is 0 Å². The summed E-state index contributed by atoms with van der Waals surface area (Å²) in [6, 6.07) is 4.24. The summed E-state index contributed by atoms with van der Waals surface area (Å²) in [5, 5.41) is 5.35. The minimum absolute atomic E-state index is 0.101. The van der Waals surface area contributed by atoms with Crippen LogP contribution in [-0.4, -0.2) is 29.9 Å². The summed E-state index contributed by atoms with van der Waals surface area (Å²) in [7, 11) is 0. The maximum Gasteiger partial charge on any atom is 0.150 e. The molecule has 1 fully saturated rings. The lowest BCUT2D eigenvalue weighted by molar-refractivity contribution is -0.120. The molecule has 0 aliphatic carbocycles. The minimum atomic E-state index is 0.101. The molecule has 0 aromatic carbocycles. The summed E-state index contributed by atoms with van der Waals surface area (Å²) in [4.78, 5) is 13.1. The van der Waals surface area contributed by atoms with Crippen LogP contribution in [0.3, 0.4) is 0 Å². The van der Waals surface area contributed by atoms with E-state index in [1.54, 1.807) is 11.3 Å². The van der Waals surface area contributed by atoms with Crippen molar-refractivity contribution in [1.29, 1.82) is 0 Å². The third-order valence-corrected chi connectivity index (χ3v) is 4.51. The van der Waals surface area contributed by atoms with Crippen molar-refractivity contribution < 1.29 is 4.79 Å². The Morgan fingerprint density at radius 1 is 1.60 bits per heavy atom. The predicted molar refractivity (Wildman–Crippen MR) is 66.8 cm³/mol. The lowest BCUT2D eigenvalue weighted by Gasteiger charge is -2.21. The van der Waals surface area contributed by atoms with Gasteiger partial charge in [-0.25, -0.2) is 0 Å². The molecule has 0 spiro atoms. The summed E-state index contributed by atoms with van der Waals surface area (Å²) in [5.41, 5.74) is 0. The normalized spacial score (nSPS) is 21.5. The number of carbonyl (C=O) groups is 1. The monoisotopic (exact) mass is 241 g/mol. The van der Waals surface area contributed by atoms with E-state index in [1.807, 2.05) is 17.8 Å². The predicted octanol–water partition coefficient (Wildman–Crippen LogP) is 1.95. The summed E-state index contributed by atoms with van der Waals surface area (Å²) >= 11 is 3.61. The van der Waals surface area contributed by atoms with Crippen LogP contribution < -0.4 is 5.32 Å². The average Bonchev–Trinajstić information content (AvgIpc) is 2.80. The highest BCUT2D eigenvalue weighted by Crippen LogP contribution is 2.14. The summed E-state index contributed by atoms with van der Waals surface area (Å²) in [6.07, 6.45) is 1.58. The fourth-order valence-electron chi connectivity index (χ4n) is 1.65. The molecular formula is C11H15NOS2. The van der Waals surface area contributed by atoms with Crippen molar-refractivity contribution in [3.05, 3.63) is 22.4 Å². The number of aryl methyl sites for hydroxylation is 1. The number of nitrogens with one attached hydrogen (secondary N) is 1. The van der Waals surface area contributed by atoms with E-state index in [-0.39, 0.29) is 6.04 Å². The van der Waals surface area contributed by atoms with E-state index < -0.39 is 0 Å². The van der Waals surface area contributed by atoms with Crippen LogP contribution in [0.5, 0.6) is 0 Å². The molecule has 1 aliphatic heterocycles. The number of carbonyl (C=O) groups excluding carboxylic acids is 1. The fourth-order valence-corrected chi connectivity index (χ4v) is 3.32. The maximum absolute atomic E-state index is 11.8. The van der Waals surface area contributed by atoms with E-state index in [0.717, 1.165) is 24.5 Å². The van der Waals surface area contributed by atoms with Crippen molar-refractivity contribution in [1.82, 2.24) is 5.32 Å². The van der Waals surface area contributed by atoms with Crippen molar-refractivity contribution in [3.8, 4) is 0 Å². The number of ketones is 1. The maximum atomic E-state index is 11.8. The highest BCUT2D eigenvalue weighted by molar-refractivity contribution is 7.99. The Morgan fingerprint density at radius 2 is 2.53 bits per heavy atom. The third-order valence-electron chi connectivity index (χ3n) is 2.51. The van der Waals surface area contributed by atoms with Gasteiger partial charge in [0.25, 0.3) is 0 Å². The van der Waals surface area contributed by atoms with Crippen molar-refractivity contribution in [3.63, 3.8) is 0 Å². The van der Waals surface area contributed by atoms with E-state index in [0.29, 0.717) is 12.2 Å². The van der Waals surface area contributed by atoms with Crippen LogP contribution in [0.4, 0.5) is 0 Å². The summed E-state index contributed by atoms with van der Waals surface area (Å²) in [5.74, 6) is 2.45. The quantitative estimate of drug-likeness (QED) is 0.873. The van der Waals surface area contributed by atoms with Gasteiger partial charge in [-0.3, -0.25) is 4.79 Å². The highest BCUT2D eigenvalue weighted by atomic mass is 32.2. The van der Waals surface area contributed by atoms with Crippen LogP contribution in [-0.2, 0) is 11.2 Å². The van der Waals surface area contributed by atoms with Gasteiger partial charge in [0.05, 0.1) is 6.04 Å². The first-order valence-electron chi connectivity index (χ1n) is 5.22. The molecule has 1 aromatic heterocycles. The Hall–Kier alpha value is -0.320. The molecule has 1 aliphatic rings. The fraction of sp³-hybridized carbons (Fsp3) is 0.545. The zero-order valence-corrected chi connectivity index (χ0v) is 10.2. The van der Waals surface area contributed by atoms with E-state index in [9.17, 15) is 4.79 Å². The first-order valence-corrected chi connectivity index (χ1v) is 7.26. The van der Waals surface area contributed by atoms with Crippen LogP contribution >= 0.6 is 23.1 Å². The lowest BCUT2D eigenvalue weighted by Crippen LogP contribution is -2.43. The topological polar surface area (TPSA) is 29.1 Å². The molecule has 0 saturated carbocycles. The first kappa shape index (κ1) is 11.2. The molecule has 0 amide bonds. The molecule has 0 bridgehead atoms. The number of thioether (sulfide) groups is 1. The number of rotatable bonds is 4. The van der Waals surface area contributed by atoms with E-state index in [2.05, 4.69) is 16.8 Å². The second kappa shape index (κ2) is 5.68. The smallest absolute Gasteiger partial charge is 0.150 e. The van der Waals surface area contributed by atoms with Crippen molar-refractivity contribution in [2.75, 3.05) is 18.1 Å². The zero-order chi connectivity index (χ0) is 10.5. The largest absolute Gasteiger partial charge is 0.306 e. The van der Waals surface area contributed by atoms with Gasteiger partial charge in [0.1, 0.15) is 0 Å². The molecule has 2 nitrogen and oxygen atoms in total. The molecule has 15 heavy (non-hydrogen) atoms. The Bertz CT molecular complexity index is 304. The van der Waals surface area contributed by atoms with E-state index in [4.69, 9.17) is 0 Å². The van der Waals surface area contributed by atoms with Gasteiger partial charge in [-0.05, 0) is 17.9 Å². The van der Waals surface area contributed by atoms with Crippen molar-refractivity contribution in [2.24, 2.45) is 0 Å². The SMILES string of the molecule is O=C(CCc1cccs1)C1CSCCN1. The second-order valence-corrected chi connectivity index (χ2v) is 5.81. The molecule has 2 rings (SSSR count). The molecule has 0 radical (unpaired) electrons. The Balaban J connectivity index is 1.76. The molecule has 82 valence electrons. The Labute approximate surface area is 98.5 Å². The van der Waals surface area contributed by atoms with Gasteiger partial charge in [-0.15, -0.1) is 11.3 Å². The van der Waals surface area contributed by atoms with Gasteiger partial charge in [-0.2, -0.15) is 11.8 Å². The lowest BCUT2D eigenvalue weighted by atomic mass is 10.1. The average molecular weight is 241 g/mol. The van der Waals surface area contributed by atoms with Crippen LogP contribution in [0.25, 0.3) is 0 Å². The Morgan fingerprint density at radius 3 is 3.20 bits per heavy atom. The summed E-state index contributed by atoms with van der Waals surface area (Å²) in [6.45, 7) is 0.972. The highest BCUT2D eigenvalue weighted by Gasteiger charge is 2.20. The third kappa shape index (κ3) is 3.33. The minimum Gasteiger partial charge on any atom is -0.306 e. The molecule has 1 atom stereocenters. The summed E-state index contributed by atoms with van der Waals surface area (Å²) < 4.78 is 0. The van der Waals surface area contributed by atoms with E-state index >= 15 is 0 Å². The van der Waals surface area contributed by atoms with Crippen LogP contribution in [0.1, 0.15) is 11.3 Å². The van der Waals surface area contributed by atoms with Gasteiger partial charge in [-0.1, -0.05) is 6.07 Å². The number of hydrogen-bond donors (Lipinski definition) is 1. The molecular weight excluding hydrogens is 226 g/mol. The van der Waals surface area contributed by atoms with Crippen molar-refractivity contribution >= 4 is 28.9 Å². The van der Waals surface area contributed by atoms with E-state index in [1.165, 1.54) is 4.88 Å². The molecule has 1 unspecified atom stereocenters. The van der Waals surface area contributed by atoms with Crippen LogP contribution in [0, 0.1) is 0 Å². The van der Waals surface area contributed by atoms with Gasteiger partial charge >= 0.3 is 0 Å². The van der Waals surface area contributed by atoms with Gasteiger partial charge < -0.3 is 5.32 Å². The zero-order valence-electron chi connectivity index (χ0n) is 8.57. The number of Topliss-reactive ketones (excluding diaryl/α,β-unsaturated/α-hetero) is 1. The van der Waals surface area contributed by atoms with Crippen molar-refractivity contribution in [2.45, 2.75) is 18.9 Å². The molecule has 2 heterocycles. The number of thiophene rings is 1. The molecule has 1 N–H and O–H groups in total. The van der Waals surface area contributed by atoms with Crippen LogP contribution in [0.15, 0.2) is 17.5 Å². The molecule has 4 heteroatoms. The standard InChI is InChI=1S/C11H15NOS2/c13-11(10-8-14-7-5-12-10)4-3-9-2-1-6-15-9/h1-2,6,10,12H,3-5,7-8H2. The molecule has 1 saturated heterocycles. The second-order valence-electron chi connectivity index (χ2n) is 3.63. The van der Waals surface area contributed by atoms with Gasteiger partial charge in [0, 0.05) is 29.3 Å².